The molecule has 0 aliphatic carbocycles. The third kappa shape index (κ3) is 13.3. The summed E-state index contributed by atoms with van der Waals surface area (Å²) in [5.74, 6) is 0. The summed E-state index contributed by atoms with van der Waals surface area (Å²) in [6.45, 7) is 7.38. The average Bonchev–Trinajstić information content (AvgIpc) is 2.26. The molecule has 0 amide bonds. The lowest BCUT2D eigenvalue weighted by Gasteiger charge is -1.95. The molecule has 85 valence electrons. The molecule has 0 nitrogen and oxygen atoms in total. The summed E-state index contributed by atoms with van der Waals surface area (Å²) in [6, 6.07) is 0. The fraction of sp³-hybridized carbons (Fsp3) is 0.667. The maximum atomic E-state index is 5.13. The van der Waals surface area contributed by atoms with E-state index in [9.17, 15) is 0 Å². The monoisotopic (exact) mass is 205 g/mol. The van der Waals surface area contributed by atoms with E-state index in [1.165, 1.54) is 51.4 Å². The lowest BCUT2D eigenvalue weighted by molar-refractivity contribution is 0.673. The van der Waals surface area contributed by atoms with Gasteiger partial charge in [-0.3, -0.25) is 0 Å². The molecule has 0 rings (SSSR count). The summed E-state index contributed by atoms with van der Waals surface area (Å²) in [7, 11) is 0. The van der Waals surface area contributed by atoms with Gasteiger partial charge in [0.1, 0.15) is 0 Å². The van der Waals surface area contributed by atoms with Crippen molar-refractivity contribution in [2.75, 3.05) is 0 Å². The Morgan fingerprint density at radius 3 is 2.07 bits per heavy atom. The first-order valence-electron chi connectivity index (χ1n) is 6.34. The van der Waals surface area contributed by atoms with E-state index in [1.54, 1.807) is 0 Å². The van der Waals surface area contributed by atoms with E-state index < -0.39 is 0 Å². The summed E-state index contributed by atoms with van der Waals surface area (Å²) in [6.07, 6.45) is 18.1. The normalized spacial score (nSPS) is 10.5. The van der Waals surface area contributed by atoms with Crippen LogP contribution in [0.5, 0.6) is 0 Å². The highest BCUT2D eigenvalue weighted by Gasteiger charge is 1.85. The fourth-order valence-corrected chi connectivity index (χ4v) is 1.52. The van der Waals surface area contributed by atoms with E-state index in [0.717, 1.165) is 6.42 Å². The van der Waals surface area contributed by atoms with E-state index in [-0.39, 0.29) is 0 Å². The van der Waals surface area contributed by atoms with Crippen LogP contribution in [0.2, 0.25) is 0 Å². The Hall–Kier alpha value is -0.740. The van der Waals surface area contributed by atoms with E-state index in [1.807, 2.05) is 6.08 Å². The SMILES string of the molecule is [CH]=C=CCCCCC=CCCCCCC. The maximum Gasteiger partial charge on any atom is -0.0126 e. The second-order valence-corrected chi connectivity index (χ2v) is 3.98. The van der Waals surface area contributed by atoms with Crippen molar-refractivity contribution in [1.82, 2.24) is 0 Å². The van der Waals surface area contributed by atoms with Gasteiger partial charge in [0, 0.05) is 0 Å². The highest BCUT2D eigenvalue weighted by molar-refractivity contribution is 4.82. The molecule has 0 aliphatic rings. The van der Waals surface area contributed by atoms with Crippen LogP contribution in [0.1, 0.15) is 64.7 Å². The number of hydrogen-bond donors (Lipinski definition) is 0. The van der Waals surface area contributed by atoms with Crippen LogP contribution in [-0.4, -0.2) is 0 Å². The van der Waals surface area contributed by atoms with Crippen LogP contribution >= 0.6 is 0 Å². The largest absolute Gasteiger partial charge is 0.125 e. The number of unbranched alkanes of at least 4 members (excludes halogenated alkanes) is 7. The quantitative estimate of drug-likeness (QED) is 0.261. The maximum absolute atomic E-state index is 5.13. The summed E-state index contributed by atoms with van der Waals surface area (Å²) in [5, 5.41) is 0. The second-order valence-electron chi connectivity index (χ2n) is 3.98. The first-order valence-corrected chi connectivity index (χ1v) is 6.34. The van der Waals surface area contributed by atoms with Crippen molar-refractivity contribution in [2.45, 2.75) is 64.7 Å². The number of allylic oxidation sites excluding steroid dienone is 3. The smallest absolute Gasteiger partial charge is 0.0126 e. The molecule has 0 unspecified atom stereocenters. The molecule has 0 aromatic carbocycles. The predicted octanol–water partition coefficient (Wildman–Crippen LogP) is 5.22. The molecule has 0 aromatic heterocycles. The number of rotatable bonds is 10. The summed E-state index contributed by atoms with van der Waals surface area (Å²) in [4.78, 5) is 0. The van der Waals surface area contributed by atoms with Crippen LogP contribution in [0.3, 0.4) is 0 Å². The summed E-state index contributed by atoms with van der Waals surface area (Å²) in [5.41, 5.74) is 2.56. The molecule has 0 fully saturated rings. The van der Waals surface area contributed by atoms with Crippen molar-refractivity contribution in [3.8, 4) is 0 Å². The third-order valence-corrected chi connectivity index (χ3v) is 2.48. The van der Waals surface area contributed by atoms with E-state index in [0.29, 0.717) is 0 Å². The first kappa shape index (κ1) is 14.3. The molecular formula is C15H25. The van der Waals surface area contributed by atoms with Crippen molar-refractivity contribution in [2.24, 2.45) is 0 Å². The molecular weight excluding hydrogens is 180 g/mol. The molecule has 0 aromatic rings. The van der Waals surface area contributed by atoms with Gasteiger partial charge in [0.25, 0.3) is 0 Å². The van der Waals surface area contributed by atoms with Crippen LogP contribution in [-0.2, 0) is 0 Å². The van der Waals surface area contributed by atoms with Gasteiger partial charge in [-0.1, -0.05) is 38.3 Å². The van der Waals surface area contributed by atoms with Gasteiger partial charge in [-0.15, -0.1) is 5.73 Å². The van der Waals surface area contributed by atoms with Crippen molar-refractivity contribution >= 4 is 0 Å². The van der Waals surface area contributed by atoms with E-state index >= 15 is 0 Å². The zero-order valence-corrected chi connectivity index (χ0v) is 10.2. The van der Waals surface area contributed by atoms with Gasteiger partial charge in [0.2, 0.25) is 0 Å². The standard InChI is InChI=1S/C15H25/c1-3-5-7-9-11-13-15-14-12-10-8-6-4-2/h1,5,14-15H,4,6-13H2,2H3. The molecule has 0 aliphatic heterocycles. The average molecular weight is 205 g/mol. The Labute approximate surface area is 95.8 Å². The lowest BCUT2D eigenvalue weighted by atomic mass is 10.1. The van der Waals surface area contributed by atoms with Crippen LogP contribution in [0.4, 0.5) is 0 Å². The minimum Gasteiger partial charge on any atom is -0.125 e. The molecule has 0 spiro atoms. The van der Waals surface area contributed by atoms with Crippen LogP contribution < -0.4 is 0 Å². The third-order valence-electron chi connectivity index (χ3n) is 2.48. The van der Waals surface area contributed by atoms with E-state index in [4.69, 9.17) is 6.58 Å². The molecule has 0 bridgehead atoms. The Morgan fingerprint density at radius 1 is 0.867 bits per heavy atom. The molecule has 1 radical (unpaired) electrons. The molecule has 15 heavy (non-hydrogen) atoms. The zero-order chi connectivity index (χ0) is 11.2. The van der Waals surface area contributed by atoms with Gasteiger partial charge in [0.05, 0.1) is 0 Å². The van der Waals surface area contributed by atoms with Gasteiger partial charge in [-0.05, 0) is 51.2 Å². The molecule has 0 atom stereocenters. The van der Waals surface area contributed by atoms with E-state index in [2.05, 4.69) is 24.8 Å². The highest BCUT2D eigenvalue weighted by atomic mass is 13.9. The molecule has 0 N–H and O–H groups in total. The molecule has 0 saturated carbocycles. The Bertz CT molecular complexity index is 182. The summed E-state index contributed by atoms with van der Waals surface area (Å²) >= 11 is 0. The van der Waals surface area contributed by atoms with Crippen LogP contribution in [0.25, 0.3) is 0 Å². The van der Waals surface area contributed by atoms with Gasteiger partial charge >= 0.3 is 0 Å². The second kappa shape index (κ2) is 13.3. The predicted molar refractivity (Wildman–Crippen MR) is 68.8 cm³/mol. The van der Waals surface area contributed by atoms with Crippen molar-refractivity contribution in [1.29, 1.82) is 0 Å². The molecule has 0 heterocycles. The van der Waals surface area contributed by atoms with Crippen molar-refractivity contribution in [3.63, 3.8) is 0 Å². The Balaban J connectivity index is 3.07. The van der Waals surface area contributed by atoms with Gasteiger partial charge < -0.3 is 0 Å². The minimum atomic E-state index is 1.07. The fourth-order valence-electron chi connectivity index (χ4n) is 1.52. The van der Waals surface area contributed by atoms with Crippen LogP contribution in [0.15, 0.2) is 24.0 Å². The zero-order valence-electron chi connectivity index (χ0n) is 10.2. The minimum absolute atomic E-state index is 1.07. The van der Waals surface area contributed by atoms with Crippen molar-refractivity contribution < 1.29 is 0 Å². The van der Waals surface area contributed by atoms with Crippen molar-refractivity contribution in [3.05, 3.63) is 30.5 Å². The molecule has 0 heteroatoms. The lowest BCUT2D eigenvalue weighted by Crippen LogP contribution is -1.75. The van der Waals surface area contributed by atoms with Crippen LogP contribution in [0, 0.1) is 6.58 Å². The van der Waals surface area contributed by atoms with Gasteiger partial charge in [-0.2, -0.15) is 0 Å². The topological polar surface area (TPSA) is 0 Å². The van der Waals surface area contributed by atoms with Gasteiger partial charge in [-0.25, -0.2) is 0 Å². The Kier molecular flexibility index (Phi) is 12.6. The highest BCUT2D eigenvalue weighted by Crippen LogP contribution is 2.05. The Morgan fingerprint density at radius 2 is 1.47 bits per heavy atom. The summed E-state index contributed by atoms with van der Waals surface area (Å²) < 4.78 is 0. The molecule has 0 saturated heterocycles. The van der Waals surface area contributed by atoms with Gasteiger partial charge in [0.15, 0.2) is 0 Å². The first-order chi connectivity index (χ1) is 7.41. The number of hydrogen-bond acceptors (Lipinski definition) is 0.